The van der Waals surface area contributed by atoms with Gasteiger partial charge in [0.2, 0.25) is 5.91 Å². The minimum Gasteiger partial charge on any atom is -0.480 e. The molecule has 0 aromatic heterocycles. The van der Waals surface area contributed by atoms with E-state index in [4.69, 9.17) is 9.47 Å². The summed E-state index contributed by atoms with van der Waals surface area (Å²) in [7, 11) is 0. The quantitative estimate of drug-likeness (QED) is 0.550. The highest BCUT2D eigenvalue weighted by Gasteiger charge is 2.34. The Morgan fingerprint density at radius 3 is 2.24 bits per heavy atom. The lowest BCUT2D eigenvalue weighted by atomic mass is 9.98. The van der Waals surface area contributed by atoms with Gasteiger partial charge in [0.1, 0.15) is 18.8 Å². The summed E-state index contributed by atoms with van der Waals surface area (Å²) in [6.45, 7) is 3.90. The van der Waals surface area contributed by atoms with Crippen molar-refractivity contribution in [2.75, 3.05) is 13.2 Å². The van der Waals surface area contributed by atoms with Crippen molar-refractivity contribution in [2.24, 2.45) is 5.92 Å². The molecule has 2 aromatic carbocycles. The van der Waals surface area contributed by atoms with Crippen molar-refractivity contribution < 1.29 is 29.0 Å². The number of carbonyl (C=O) groups is 3. The van der Waals surface area contributed by atoms with Crippen LogP contribution in [0.15, 0.2) is 48.5 Å². The van der Waals surface area contributed by atoms with Crippen LogP contribution < -0.4 is 10.6 Å². The summed E-state index contributed by atoms with van der Waals surface area (Å²) in [4.78, 5) is 36.1. The fourth-order valence-electron chi connectivity index (χ4n) is 4.66. The number of alkyl carbamates (subject to hydrolysis) is 1. The van der Waals surface area contributed by atoms with Crippen molar-refractivity contribution in [3.05, 3.63) is 59.7 Å². The van der Waals surface area contributed by atoms with Crippen LogP contribution in [0.4, 0.5) is 4.79 Å². The Balaban J connectivity index is 1.25. The predicted molar refractivity (Wildman–Crippen MR) is 125 cm³/mol. The number of fused-ring (bicyclic) bond motifs is 3. The van der Waals surface area contributed by atoms with Crippen LogP contribution in [0.1, 0.15) is 43.7 Å². The third-order valence-corrected chi connectivity index (χ3v) is 6.45. The highest BCUT2D eigenvalue weighted by molar-refractivity contribution is 5.86. The Morgan fingerprint density at radius 1 is 1.03 bits per heavy atom. The second-order valence-electron chi connectivity index (χ2n) is 9.10. The zero-order valence-electron chi connectivity index (χ0n) is 19.3. The normalized spacial score (nSPS) is 19.9. The average Bonchev–Trinajstić information content (AvgIpc) is 3.42. The number of hydrogen-bond acceptors (Lipinski definition) is 5. The van der Waals surface area contributed by atoms with Crippen molar-refractivity contribution in [3.63, 3.8) is 0 Å². The molecule has 1 aliphatic heterocycles. The predicted octanol–water partition coefficient (Wildman–Crippen LogP) is 3.30. The van der Waals surface area contributed by atoms with Crippen LogP contribution in [0, 0.1) is 5.92 Å². The lowest BCUT2D eigenvalue weighted by Gasteiger charge is -2.20. The number of ether oxygens (including phenoxy) is 2. The summed E-state index contributed by atoms with van der Waals surface area (Å²) in [5, 5.41) is 14.5. The van der Waals surface area contributed by atoms with E-state index in [0.29, 0.717) is 12.8 Å². The topological polar surface area (TPSA) is 114 Å². The molecule has 1 fully saturated rings. The smallest absolute Gasteiger partial charge is 0.407 e. The van der Waals surface area contributed by atoms with E-state index in [0.717, 1.165) is 11.1 Å². The van der Waals surface area contributed by atoms with Gasteiger partial charge in [-0.3, -0.25) is 4.79 Å². The lowest BCUT2D eigenvalue weighted by Crippen LogP contribution is -2.48. The molecule has 0 saturated carbocycles. The number of benzene rings is 2. The summed E-state index contributed by atoms with van der Waals surface area (Å²) < 4.78 is 11.3. The maximum absolute atomic E-state index is 12.4. The van der Waals surface area contributed by atoms with Gasteiger partial charge in [-0.2, -0.15) is 0 Å². The van der Waals surface area contributed by atoms with E-state index in [1.54, 1.807) is 13.8 Å². The van der Waals surface area contributed by atoms with E-state index in [1.165, 1.54) is 11.1 Å². The van der Waals surface area contributed by atoms with Gasteiger partial charge in [0, 0.05) is 12.5 Å². The second-order valence-corrected chi connectivity index (χ2v) is 9.10. The van der Waals surface area contributed by atoms with Crippen molar-refractivity contribution in [1.29, 1.82) is 0 Å². The molecule has 0 radical (unpaired) electrons. The molecular formula is C26H30N2O6. The third kappa shape index (κ3) is 5.07. The molecule has 8 nitrogen and oxygen atoms in total. The molecule has 34 heavy (non-hydrogen) atoms. The molecule has 8 heteroatoms. The van der Waals surface area contributed by atoms with Crippen LogP contribution in [-0.4, -0.2) is 54.5 Å². The Hall–Kier alpha value is -3.39. The molecule has 3 unspecified atom stereocenters. The maximum atomic E-state index is 12.4. The second kappa shape index (κ2) is 10.3. The summed E-state index contributed by atoms with van der Waals surface area (Å²) in [5.41, 5.74) is 4.62. The summed E-state index contributed by atoms with van der Waals surface area (Å²) >= 11 is 0. The largest absolute Gasteiger partial charge is 0.480 e. The zero-order chi connectivity index (χ0) is 24.2. The van der Waals surface area contributed by atoms with Gasteiger partial charge in [-0.1, -0.05) is 62.4 Å². The zero-order valence-corrected chi connectivity index (χ0v) is 19.3. The van der Waals surface area contributed by atoms with Gasteiger partial charge in [-0.15, -0.1) is 0 Å². The summed E-state index contributed by atoms with van der Waals surface area (Å²) in [6.07, 6.45) is -0.549. The van der Waals surface area contributed by atoms with Crippen LogP contribution >= 0.6 is 0 Å². The first-order valence-corrected chi connectivity index (χ1v) is 11.6. The van der Waals surface area contributed by atoms with Crippen LogP contribution in [0.2, 0.25) is 0 Å². The van der Waals surface area contributed by atoms with Crippen molar-refractivity contribution in [1.82, 2.24) is 10.6 Å². The molecule has 180 valence electrons. The monoisotopic (exact) mass is 466 g/mol. The van der Waals surface area contributed by atoms with Gasteiger partial charge in [-0.25, -0.2) is 9.59 Å². The van der Waals surface area contributed by atoms with Gasteiger partial charge in [0.25, 0.3) is 0 Å². The number of aliphatic carboxylic acids is 1. The first-order valence-electron chi connectivity index (χ1n) is 11.6. The first-order chi connectivity index (χ1) is 16.3. The Bertz CT molecular complexity index is 1020. The molecule has 1 aliphatic carbocycles. The highest BCUT2D eigenvalue weighted by atomic mass is 16.5. The van der Waals surface area contributed by atoms with Crippen molar-refractivity contribution in [2.45, 2.75) is 50.9 Å². The maximum Gasteiger partial charge on any atom is 0.407 e. The number of nitrogens with one attached hydrogen (secondary N) is 2. The minimum atomic E-state index is -1.07. The summed E-state index contributed by atoms with van der Waals surface area (Å²) in [5.74, 6) is -1.77. The molecule has 3 N–H and O–H groups in total. The molecule has 2 amide bonds. The molecule has 1 heterocycles. The van der Waals surface area contributed by atoms with E-state index in [2.05, 4.69) is 34.9 Å². The molecule has 1 saturated heterocycles. The molecule has 3 atom stereocenters. The van der Waals surface area contributed by atoms with Gasteiger partial charge in [-0.05, 0) is 41.0 Å². The molecule has 4 rings (SSSR count). The third-order valence-electron chi connectivity index (χ3n) is 6.45. The number of amides is 2. The van der Waals surface area contributed by atoms with E-state index < -0.39 is 30.1 Å². The fraction of sp³-hybridized carbons (Fsp3) is 0.423. The van der Waals surface area contributed by atoms with E-state index in [9.17, 15) is 19.5 Å². The molecule has 2 aliphatic rings. The van der Waals surface area contributed by atoms with Crippen molar-refractivity contribution in [3.8, 4) is 11.1 Å². The number of carboxylic acid groups (broad SMARTS) is 1. The van der Waals surface area contributed by atoms with Gasteiger partial charge in [0.05, 0.1) is 6.10 Å². The lowest BCUT2D eigenvalue weighted by molar-refractivity contribution is -0.145. The summed E-state index contributed by atoms with van der Waals surface area (Å²) in [6, 6.07) is 15.3. The molecule has 0 bridgehead atoms. The van der Waals surface area contributed by atoms with Crippen LogP contribution in [0.25, 0.3) is 11.1 Å². The Morgan fingerprint density at radius 2 is 1.65 bits per heavy atom. The van der Waals surface area contributed by atoms with Gasteiger partial charge >= 0.3 is 12.1 Å². The van der Waals surface area contributed by atoms with E-state index in [1.807, 2.05) is 24.3 Å². The van der Waals surface area contributed by atoms with Gasteiger partial charge < -0.3 is 25.2 Å². The number of carbonyl (C=O) groups excluding carboxylic acids is 2. The van der Waals surface area contributed by atoms with E-state index >= 15 is 0 Å². The fourth-order valence-corrected chi connectivity index (χ4v) is 4.66. The minimum absolute atomic E-state index is 0.0166. The average molecular weight is 467 g/mol. The van der Waals surface area contributed by atoms with E-state index in [-0.39, 0.29) is 31.1 Å². The Labute approximate surface area is 198 Å². The van der Waals surface area contributed by atoms with Crippen LogP contribution in [0.3, 0.4) is 0 Å². The van der Waals surface area contributed by atoms with Crippen LogP contribution in [0.5, 0.6) is 0 Å². The van der Waals surface area contributed by atoms with Crippen LogP contribution in [-0.2, 0) is 19.1 Å². The molecule has 2 aromatic rings. The number of hydrogen-bond donors (Lipinski definition) is 3. The standard InChI is InChI=1S/C26H30N2O6/c1-15(2)23(25(30)31)28-24(29)22-12-11-16(34-22)13-27-26(32)33-14-21-19-9-5-3-7-17(19)18-8-4-6-10-20(18)21/h3-10,15-16,21-23H,11-14H2,1-2H3,(H,27,32)(H,28,29)(H,30,31). The SMILES string of the molecule is CC(C)C(NC(=O)C1CCC(CNC(=O)OCC2c3ccccc3-c3ccccc32)O1)C(=O)O. The first kappa shape index (κ1) is 23.8. The molecular weight excluding hydrogens is 436 g/mol. The highest BCUT2D eigenvalue weighted by Crippen LogP contribution is 2.44. The molecule has 0 spiro atoms. The number of carboxylic acids is 1. The number of rotatable bonds is 8. The van der Waals surface area contributed by atoms with Gasteiger partial charge in [0.15, 0.2) is 0 Å². The van der Waals surface area contributed by atoms with Crippen molar-refractivity contribution >= 4 is 18.0 Å². The Kier molecular flexibility index (Phi) is 7.17.